The first-order valence-electron chi connectivity index (χ1n) is 8.99. The molecule has 0 spiro atoms. The van der Waals surface area contributed by atoms with Crippen LogP contribution in [0.25, 0.3) is 22.0 Å². The van der Waals surface area contributed by atoms with E-state index in [9.17, 15) is 4.79 Å². The van der Waals surface area contributed by atoms with Gasteiger partial charge in [-0.3, -0.25) is 5.10 Å². The average molecular weight is 371 g/mol. The number of hydrogen-bond donors (Lipinski definition) is 4. The highest BCUT2D eigenvalue weighted by molar-refractivity contribution is 6.02. The summed E-state index contributed by atoms with van der Waals surface area (Å²) in [7, 11) is 0. The Bertz CT molecular complexity index is 1160. The number of fused-ring (bicyclic) bond motifs is 1. The van der Waals surface area contributed by atoms with E-state index in [-0.39, 0.29) is 6.03 Å². The molecule has 6 nitrogen and oxygen atoms in total. The Morgan fingerprint density at radius 1 is 1.00 bits per heavy atom. The summed E-state index contributed by atoms with van der Waals surface area (Å²) < 4.78 is 0. The molecule has 1 aromatic heterocycles. The van der Waals surface area contributed by atoms with Crippen molar-refractivity contribution in [2.75, 3.05) is 16.4 Å². The summed E-state index contributed by atoms with van der Waals surface area (Å²) in [6.45, 7) is 3.96. The molecule has 0 aliphatic heterocycles. The number of H-pyrrole nitrogens is 1. The molecule has 2 amide bonds. The number of amides is 2. The van der Waals surface area contributed by atoms with Crippen molar-refractivity contribution in [3.63, 3.8) is 0 Å². The predicted octanol–water partition coefficient (Wildman–Crippen LogP) is 5.07. The minimum Gasteiger partial charge on any atom is -0.382 e. The summed E-state index contributed by atoms with van der Waals surface area (Å²) >= 11 is 0. The van der Waals surface area contributed by atoms with Crippen LogP contribution in [0.3, 0.4) is 0 Å². The van der Waals surface area contributed by atoms with Crippen molar-refractivity contribution in [2.45, 2.75) is 13.8 Å². The molecule has 6 heteroatoms. The summed E-state index contributed by atoms with van der Waals surface area (Å²) in [6.07, 6.45) is 0. The van der Waals surface area contributed by atoms with Crippen LogP contribution >= 0.6 is 0 Å². The third kappa shape index (κ3) is 3.40. The van der Waals surface area contributed by atoms with Crippen LogP contribution in [-0.2, 0) is 0 Å². The molecule has 0 unspecified atom stereocenters. The summed E-state index contributed by atoms with van der Waals surface area (Å²) in [5, 5.41) is 13.7. The molecule has 1 heterocycles. The zero-order valence-corrected chi connectivity index (χ0v) is 15.7. The van der Waals surface area contributed by atoms with Crippen molar-refractivity contribution in [3.05, 3.63) is 71.8 Å². The van der Waals surface area contributed by atoms with Gasteiger partial charge in [0.15, 0.2) is 5.82 Å². The number of benzene rings is 3. The van der Waals surface area contributed by atoms with Crippen LogP contribution in [0.15, 0.2) is 60.7 Å². The quantitative estimate of drug-likeness (QED) is 0.405. The van der Waals surface area contributed by atoms with Crippen molar-refractivity contribution in [2.24, 2.45) is 0 Å². The molecule has 0 radical (unpaired) electrons. The number of urea groups is 1. The maximum atomic E-state index is 12.3. The van der Waals surface area contributed by atoms with Crippen molar-refractivity contribution >= 4 is 34.1 Å². The largest absolute Gasteiger partial charge is 0.382 e. The molecule has 140 valence electrons. The SMILES string of the molecule is Cc1ccc(C)c(NC(=O)Nc2ccc(-c3cccc4[nH]nc(N)c34)cc2)c1. The third-order valence-electron chi connectivity index (χ3n) is 4.71. The Morgan fingerprint density at radius 2 is 1.79 bits per heavy atom. The molecule has 0 saturated carbocycles. The molecule has 0 saturated heterocycles. The third-order valence-corrected chi connectivity index (χ3v) is 4.71. The van der Waals surface area contributed by atoms with Gasteiger partial charge in [0, 0.05) is 11.4 Å². The monoisotopic (exact) mass is 371 g/mol. The number of hydrogen-bond acceptors (Lipinski definition) is 3. The Hall–Kier alpha value is -3.80. The number of nitrogens with zero attached hydrogens (tertiary/aromatic N) is 1. The van der Waals surface area contributed by atoms with Crippen LogP contribution in [0.5, 0.6) is 0 Å². The molecule has 3 aromatic carbocycles. The first-order chi connectivity index (χ1) is 13.5. The Labute approximate surface area is 162 Å². The lowest BCUT2D eigenvalue weighted by Gasteiger charge is -2.11. The minimum atomic E-state index is -0.275. The zero-order chi connectivity index (χ0) is 19.7. The summed E-state index contributed by atoms with van der Waals surface area (Å²) in [5.74, 6) is 0.473. The Kier molecular flexibility index (Phi) is 4.45. The number of aromatic amines is 1. The fourth-order valence-electron chi connectivity index (χ4n) is 3.23. The average Bonchev–Trinajstić information content (AvgIpc) is 3.07. The highest BCUT2D eigenvalue weighted by Gasteiger charge is 2.10. The molecule has 0 fully saturated rings. The number of aromatic nitrogens is 2. The smallest absolute Gasteiger partial charge is 0.323 e. The van der Waals surface area contributed by atoms with Crippen LogP contribution in [-0.4, -0.2) is 16.2 Å². The molecule has 0 aliphatic rings. The molecule has 4 rings (SSSR count). The molecule has 28 heavy (non-hydrogen) atoms. The second-order valence-corrected chi connectivity index (χ2v) is 6.81. The van der Waals surface area contributed by atoms with Crippen molar-refractivity contribution in [1.82, 2.24) is 10.2 Å². The topological polar surface area (TPSA) is 95.8 Å². The summed E-state index contributed by atoms with van der Waals surface area (Å²) in [5.41, 5.74) is 12.5. The van der Waals surface area contributed by atoms with E-state index in [1.165, 1.54) is 0 Å². The van der Waals surface area contributed by atoms with E-state index in [1.807, 2.05) is 74.5 Å². The van der Waals surface area contributed by atoms with E-state index in [0.29, 0.717) is 11.5 Å². The van der Waals surface area contributed by atoms with E-state index >= 15 is 0 Å². The van der Waals surface area contributed by atoms with Crippen LogP contribution < -0.4 is 16.4 Å². The van der Waals surface area contributed by atoms with Gasteiger partial charge in [-0.1, -0.05) is 36.4 Å². The van der Waals surface area contributed by atoms with Gasteiger partial charge in [0.1, 0.15) is 0 Å². The summed E-state index contributed by atoms with van der Waals surface area (Å²) in [4.78, 5) is 12.3. The number of anilines is 3. The lowest BCUT2D eigenvalue weighted by Crippen LogP contribution is -2.20. The van der Waals surface area contributed by atoms with Gasteiger partial charge in [-0.2, -0.15) is 5.10 Å². The lowest BCUT2D eigenvalue weighted by molar-refractivity contribution is 0.262. The Balaban J connectivity index is 1.52. The number of carbonyl (C=O) groups excluding carboxylic acids is 1. The standard InChI is InChI=1S/C22H21N5O/c1-13-6-7-14(2)19(12-13)25-22(28)24-16-10-8-15(9-11-16)17-4-3-5-18-20(17)21(23)27-26-18/h3-12H,1-2H3,(H3,23,26,27)(H2,24,25,28). The van der Waals surface area contributed by atoms with Gasteiger partial charge in [0.2, 0.25) is 0 Å². The zero-order valence-electron chi connectivity index (χ0n) is 15.7. The number of nitrogen functional groups attached to an aromatic ring is 1. The lowest BCUT2D eigenvalue weighted by atomic mass is 10.0. The van der Waals surface area contributed by atoms with Gasteiger partial charge in [0.25, 0.3) is 0 Å². The molecular weight excluding hydrogens is 350 g/mol. The molecular formula is C22H21N5O. The van der Waals surface area contributed by atoms with Gasteiger partial charge < -0.3 is 16.4 Å². The van der Waals surface area contributed by atoms with Gasteiger partial charge in [-0.05, 0) is 60.4 Å². The first kappa shape index (κ1) is 17.6. The highest BCUT2D eigenvalue weighted by Crippen LogP contribution is 2.31. The van der Waals surface area contributed by atoms with Crippen LogP contribution in [0, 0.1) is 13.8 Å². The second-order valence-electron chi connectivity index (χ2n) is 6.81. The number of nitrogens with one attached hydrogen (secondary N) is 3. The molecule has 0 bridgehead atoms. The van der Waals surface area contributed by atoms with E-state index in [0.717, 1.165) is 38.8 Å². The molecule has 5 N–H and O–H groups in total. The van der Waals surface area contributed by atoms with Crippen molar-refractivity contribution < 1.29 is 4.79 Å². The maximum absolute atomic E-state index is 12.3. The van der Waals surface area contributed by atoms with Crippen LogP contribution in [0.1, 0.15) is 11.1 Å². The van der Waals surface area contributed by atoms with E-state index in [2.05, 4.69) is 20.8 Å². The normalized spacial score (nSPS) is 10.8. The number of carbonyl (C=O) groups is 1. The predicted molar refractivity (Wildman–Crippen MR) is 114 cm³/mol. The van der Waals surface area contributed by atoms with E-state index in [1.54, 1.807) is 0 Å². The Morgan fingerprint density at radius 3 is 2.57 bits per heavy atom. The van der Waals surface area contributed by atoms with Gasteiger partial charge >= 0.3 is 6.03 Å². The van der Waals surface area contributed by atoms with Gasteiger partial charge in [-0.15, -0.1) is 0 Å². The van der Waals surface area contributed by atoms with Crippen LogP contribution in [0.2, 0.25) is 0 Å². The molecule has 0 atom stereocenters. The summed E-state index contributed by atoms with van der Waals surface area (Å²) in [6, 6.07) is 19.2. The fraction of sp³-hybridized carbons (Fsp3) is 0.0909. The van der Waals surface area contributed by atoms with Crippen LogP contribution in [0.4, 0.5) is 22.0 Å². The highest BCUT2D eigenvalue weighted by atomic mass is 16.2. The molecule has 0 aliphatic carbocycles. The second kappa shape index (κ2) is 7.08. The maximum Gasteiger partial charge on any atom is 0.323 e. The molecule has 4 aromatic rings. The minimum absolute atomic E-state index is 0.275. The number of nitrogens with two attached hydrogens (primary N) is 1. The van der Waals surface area contributed by atoms with E-state index in [4.69, 9.17) is 5.73 Å². The first-order valence-corrected chi connectivity index (χ1v) is 8.99. The van der Waals surface area contributed by atoms with Gasteiger partial charge in [-0.25, -0.2) is 4.79 Å². The van der Waals surface area contributed by atoms with E-state index < -0.39 is 0 Å². The number of aryl methyl sites for hydroxylation is 2. The van der Waals surface area contributed by atoms with Crippen molar-refractivity contribution in [3.8, 4) is 11.1 Å². The fourth-order valence-corrected chi connectivity index (χ4v) is 3.23. The van der Waals surface area contributed by atoms with Crippen molar-refractivity contribution in [1.29, 1.82) is 0 Å². The van der Waals surface area contributed by atoms with Gasteiger partial charge in [0.05, 0.1) is 10.9 Å². The number of rotatable bonds is 3.